The first kappa shape index (κ1) is 15.3. The first-order valence-electron chi connectivity index (χ1n) is 5.64. The Balaban J connectivity index is 4.31. The smallest absolute Gasteiger partial charge is 0.227 e. The Kier molecular flexibility index (Phi) is 7.29. The lowest BCUT2D eigenvalue weighted by Gasteiger charge is -2.29. The topological polar surface area (TPSA) is 73.6 Å². The Morgan fingerprint density at radius 3 is 2.12 bits per heavy atom. The van der Waals surface area contributed by atoms with Gasteiger partial charge in [0.2, 0.25) is 5.91 Å². The van der Waals surface area contributed by atoms with Gasteiger partial charge in [0.15, 0.2) is 6.29 Å². The molecule has 0 aliphatic heterocycles. The number of nitrogens with one attached hydrogen (secondary N) is 1. The second kappa shape index (κ2) is 7.60. The maximum Gasteiger partial charge on any atom is 0.227 e. The molecule has 0 aromatic rings. The van der Waals surface area contributed by atoms with Gasteiger partial charge in [-0.2, -0.15) is 0 Å². The van der Waals surface area contributed by atoms with Crippen molar-refractivity contribution in [2.24, 2.45) is 11.1 Å². The molecule has 0 atom stereocenters. The average molecular weight is 232 g/mol. The molecule has 0 heterocycles. The molecule has 0 fully saturated rings. The van der Waals surface area contributed by atoms with Crippen LogP contribution in [-0.4, -0.2) is 39.5 Å². The maximum atomic E-state index is 12.0. The van der Waals surface area contributed by atoms with Gasteiger partial charge in [0, 0.05) is 20.8 Å². The number of methoxy groups -OCH3 is 2. The van der Waals surface area contributed by atoms with Crippen molar-refractivity contribution < 1.29 is 14.3 Å². The van der Waals surface area contributed by atoms with Gasteiger partial charge in [-0.05, 0) is 12.8 Å². The van der Waals surface area contributed by atoms with Crippen molar-refractivity contribution >= 4 is 5.91 Å². The van der Waals surface area contributed by atoms with Crippen LogP contribution < -0.4 is 11.1 Å². The molecule has 0 bridgehead atoms. The van der Waals surface area contributed by atoms with Crippen LogP contribution in [-0.2, 0) is 14.3 Å². The Labute approximate surface area is 97.7 Å². The highest BCUT2D eigenvalue weighted by Gasteiger charge is 2.33. The molecule has 3 N–H and O–H groups in total. The first-order valence-corrected chi connectivity index (χ1v) is 5.64. The van der Waals surface area contributed by atoms with Gasteiger partial charge >= 0.3 is 0 Å². The van der Waals surface area contributed by atoms with Crippen molar-refractivity contribution in [3.05, 3.63) is 0 Å². The zero-order valence-corrected chi connectivity index (χ0v) is 10.7. The number of carbonyl (C=O) groups is 1. The Morgan fingerprint density at radius 1 is 1.31 bits per heavy atom. The number of hydrogen-bond donors (Lipinski definition) is 2. The van der Waals surface area contributed by atoms with E-state index in [4.69, 9.17) is 15.2 Å². The Bertz CT molecular complexity index is 193. The molecule has 0 saturated heterocycles. The molecule has 0 aromatic heterocycles. The van der Waals surface area contributed by atoms with Crippen molar-refractivity contribution in [3.8, 4) is 0 Å². The van der Waals surface area contributed by atoms with Gasteiger partial charge in [-0.3, -0.25) is 4.79 Å². The minimum atomic E-state index is -0.466. The summed E-state index contributed by atoms with van der Waals surface area (Å²) < 4.78 is 9.99. The van der Waals surface area contributed by atoms with Crippen molar-refractivity contribution in [1.82, 2.24) is 5.32 Å². The van der Waals surface area contributed by atoms with Gasteiger partial charge in [0.05, 0.1) is 12.0 Å². The lowest BCUT2D eigenvalue weighted by molar-refractivity contribution is -0.136. The molecule has 16 heavy (non-hydrogen) atoms. The summed E-state index contributed by atoms with van der Waals surface area (Å²) in [6.45, 7) is 4.64. The third kappa shape index (κ3) is 3.73. The van der Waals surface area contributed by atoms with Crippen LogP contribution in [0.3, 0.4) is 0 Å². The second-order valence-corrected chi connectivity index (χ2v) is 3.80. The van der Waals surface area contributed by atoms with E-state index in [2.05, 4.69) is 5.32 Å². The molecule has 0 saturated carbocycles. The number of carbonyl (C=O) groups excluding carboxylic acids is 1. The van der Waals surface area contributed by atoms with E-state index in [9.17, 15) is 4.79 Å². The fourth-order valence-electron chi connectivity index (χ4n) is 1.58. The maximum absolute atomic E-state index is 12.0. The molecule has 1 amide bonds. The van der Waals surface area contributed by atoms with Crippen LogP contribution in [0.5, 0.6) is 0 Å². The molecule has 0 radical (unpaired) electrons. The molecule has 0 unspecified atom stereocenters. The quantitative estimate of drug-likeness (QED) is 0.597. The predicted octanol–water partition coefficient (Wildman–Crippen LogP) is 0.487. The highest BCUT2D eigenvalue weighted by Crippen LogP contribution is 2.24. The zero-order chi connectivity index (χ0) is 12.6. The highest BCUT2D eigenvalue weighted by atomic mass is 16.7. The molecular formula is C11H24N2O3. The standard InChI is InChI=1S/C11H24N2O3/c1-5-11(6-2,8-12)10(14)13-7-9(15-3)16-4/h9H,5-8,12H2,1-4H3,(H,13,14). The van der Waals surface area contributed by atoms with E-state index in [-0.39, 0.29) is 5.91 Å². The van der Waals surface area contributed by atoms with E-state index >= 15 is 0 Å². The average Bonchev–Trinajstić information content (AvgIpc) is 2.33. The fraction of sp³-hybridized carbons (Fsp3) is 0.909. The van der Waals surface area contributed by atoms with Crippen LogP contribution in [0.15, 0.2) is 0 Å². The summed E-state index contributed by atoms with van der Waals surface area (Å²) in [5, 5.41) is 2.81. The number of hydrogen-bond acceptors (Lipinski definition) is 4. The van der Waals surface area contributed by atoms with E-state index in [0.29, 0.717) is 13.1 Å². The summed E-state index contributed by atoms with van der Waals surface area (Å²) in [5.41, 5.74) is 5.21. The molecular weight excluding hydrogens is 208 g/mol. The van der Waals surface area contributed by atoms with Crippen molar-refractivity contribution in [2.75, 3.05) is 27.3 Å². The number of amides is 1. The number of rotatable bonds is 8. The predicted molar refractivity (Wildman–Crippen MR) is 62.9 cm³/mol. The third-order valence-corrected chi connectivity index (χ3v) is 3.18. The van der Waals surface area contributed by atoms with Crippen LogP contribution in [0.1, 0.15) is 26.7 Å². The molecule has 0 aliphatic carbocycles. The fourth-order valence-corrected chi connectivity index (χ4v) is 1.58. The van der Waals surface area contributed by atoms with Crippen LogP contribution in [0.4, 0.5) is 0 Å². The summed E-state index contributed by atoms with van der Waals surface area (Å²) in [7, 11) is 3.08. The summed E-state index contributed by atoms with van der Waals surface area (Å²) in [6.07, 6.45) is 1.06. The SMILES string of the molecule is CCC(CC)(CN)C(=O)NCC(OC)OC. The summed E-state index contributed by atoms with van der Waals surface area (Å²) in [4.78, 5) is 12.0. The van der Waals surface area contributed by atoms with E-state index in [0.717, 1.165) is 12.8 Å². The van der Waals surface area contributed by atoms with Crippen molar-refractivity contribution in [3.63, 3.8) is 0 Å². The lowest BCUT2D eigenvalue weighted by Crippen LogP contribution is -2.47. The van der Waals surface area contributed by atoms with Gasteiger partial charge in [0.25, 0.3) is 0 Å². The second-order valence-electron chi connectivity index (χ2n) is 3.80. The van der Waals surface area contributed by atoms with Crippen LogP contribution in [0.25, 0.3) is 0 Å². The summed E-state index contributed by atoms with van der Waals surface area (Å²) in [6, 6.07) is 0. The molecule has 5 heteroatoms. The molecule has 0 rings (SSSR count). The van der Waals surface area contributed by atoms with Gasteiger partial charge in [0.1, 0.15) is 0 Å². The number of nitrogens with two attached hydrogens (primary N) is 1. The van der Waals surface area contributed by atoms with Gasteiger partial charge in [-0.1, -0.05) is 13.8 Å². The van der Waals surface area contributed by atoms with Crippen LogP contribution in [0, 0.1) is 5.41 Å². The Morgan fingerprint density at radius 2 is 1.81 bits per heavy atom. The highest BCUT2D eigenvalue weighted by molar-refractivity contribution is 5.82. The zero-order valence-electron chi connectivity index (χ0n) is 10.7. The minimum absolute atomic E-state index is 0.0286. The molecule has 96 valence electrons. The van der Waals surface area contributed by atoms with E-state index in [1.165, 1.54) is 14.2 Å². The third-order valence-electron chi connectivity index (χ3n) is 3.18. The Hall–Kier alpha value is -0.650. The summed E-state index contributed by atoms with van der Waals surface area (Å²) >= 11 is 0. The van der Waals surface area contributed by atoms with Crippen molar-refractivity contribution in [1.29, 1.82) is 0 Å². The summed E-state index contributed by atoms with van der Waals surface area (Å²) in [5.74, 6) is -0.0286. The van der Waals surface area contributed by atoms with Crippen LogP contribution in [0.2, 0.25) is 0 Å². The van der Waals surface area contributed by atoms with E-state index in [1.54, 1.807) is 0 Å². The normalized spacial score (nSPS) is 11.9. The minimum Gasteiger partial charge on any atom is -0.354 e. The van der Waals surface area contributed by atoms with Gasteiger partial charge < -0.3 is 20.5 Å². The van der Waals surface area contributed by atoms with Gasteiger partial charge in [-0.15, -0.1) is 0 Å². The largest absolute Gasteiger partial charge is 0.354 e. The monoisotopic (exact) mass is 232 g/mol. The van der Waals surface area contributed by atoms with Crippen molar-refractivity contribution in [2.45, 2.75) is 33.0 Å². The van der Waals surface area contributed by atoms with E-state index < -0.39 is 11.7 Å². The molecule has 0 spiro atoms. The van der Waals surface area contributed by atoms with E-state index in [1.807, 2.05) is 13.8 Å². The molecule has 0 aromatic carbocycles. The van der Waals surface area contributed by atoms with Crippen LogP contribution >= 0.6 is 0 Å². The number of ether oxygens (including phenoxy) is 2. The first-order chi connectivity index (χ1) is 7.60. The van der Waals surface area contributed by atoms with Gasteiger partial charge in [-0.25, -0.2) is 0 Å². The molecule has 5 nitrogen and oxygen atoms in total. The molecule has 0 aliphatic rings. The lowest BCUT2D eigenvalue weighted by atomic mass is 9.81.